The molecule has 2 rings (SSSR count). The van der Waals surface area contributed by atoms with Crippen LogP contribution in [0.1, 0.15) is 17.2 Å². The lowest BCUT2D eigenvalue weighted by atomic mass is 10.1. The summed E-state index contributed by atoms with van der Waals surface area (Å²) in [7, 11) is 1.85. The number of anilines is 1. The van der Waals surface area contributed by atoms with Crippen molar-refractivity contribution in [3.63, 3.8) is 0 Å². The summed E-state index contributed by atoms with van der Waals surface area (Å²) in [5.41, 5.74) is 1.80. The van der Waals surface area contributed by atoms with Gasteiger partial charge >= 0.3 is 0 Å². The molecule has 2 aromatic rings. The SMILES string of the molecule is Cc1cnc(N(C)CC(O)c2cccnc2)nc1. The molecule has 1 unspecified atom stereocenters. The molecule has 94 valence electrons. The summed E-state index contributed by atoms with van der Waals surface area (Å²) in [6, 6.07) is 3.66. The van der Waals surface area contributed by atoms with Gasteiger partial charge in [0, 0.05) is 37.4 Å². The summed E-state index contributed by atoms with van der Waals surface area (Å²) in [6.45, 7) is 2.36. The highest BCUT2D eigenvalue weighted by Gasteiger charge is 2.12. The topological polar surface area (TPSA) is 62.1 Å². The molecule has 18 heavy (non-hydrogen) atoms. The van der Waals surface area contributed by atoms with Crippen molar-refractivity contribution in [3.8, 4) is 0 Å². The first-order valence-electron chi connectivity index (χ1n) is 5.74. The lowest BCUT2D eigenvalue weighted by Crippen LogP contribution is -2.25. The van der Waals surface area contributed by atoms with E-state index in [9.17, 15) is 5.11 Å². The normalized spacial score (nSPS) is 12.2. The van der Waals surface area contributed by atoms with Gasteiger partial charge in [-0.05, 0) is 18.6 Å². The van der Waals surface area contributed by atoms with E-state index >= 15 is 0 Å². The second-order valence-corrected chi connectivity index (χ2v) is 4.24. The molecule has 0 aliphatic carbocycles. The van der Waals surface area contributed by atoms with Crippen molar-refractivity contribution < 1.29 is 5.11 Å². The van der Waals surface area contributed by atoms with Crippen molar-refractivity contribution in [1.82, 2.24) is 15.0 Å². The van der Waals surface area contributed by atoms with E-state index in [1.54, 1.807) is 30.9 Å². The molecule has 5 heteroatoms. The third-order valence-electron chi connectivity index (χ3n) is 2.62. The Bertz CT molecular complexity index is 486. The molecule has 0 bridgehead atoms. The van der Waals surface area contributed by atoms with Crippen LogP contribution in [0.4, 0.5) is 5.95 Å². The van der Waals surface area contributed by atoms with Crippen molar-refractivity contribution in [2.24, 2.45) is 0 Å². The second-order valence-electron chi connectivity index (χ2n) is 4.24. The van der Waals surface area contributed by atoms with E-state index in [4.69, 9.17) is 0 Å². The molecule has 0 fully saturated rings. The van der Waals surface area contributed by atoms with Crippen molar-refractivity contribution in [3.05, 3.63) is 48.0 Å². The average Bonchev–Trinajstić information content (AvgIpc) is 2.40. The molecule has 0 aliphatic heterocycles. The van der Waals surface area contributed by atoms with E-state index in [1.807, 2.05) is 24.9 Å². The second kappa shape index (κ2) is 5.55. The van der Waals surface area contributed by atoms with E-state index in [-0.39, 0.29) is 0 Å². The van der Waals surface area contributed by atoms with Gasteiger partial charge in [-0.3, -0.25) is 4.98 Å². The van der Waals surface area contributed by atoms with E-state index in [0.29, 0.717) is 12.5 Å². The summed E-state index contributed by atoms with van der Waals surface area (Å²) in [5.74, 6) is 0.601. The third kappa shape index (κ3) is 3.01. The van der Waals surface area contributed by atoms with Crippen LogP contribution in [0.5, 0.6) is 0 Å². The Hall–Kier alpha value is -2.01. The van der Waals surface area contributed by atoms with Crippen LogP contribution in [0.15, 0.2) is 36.9 Å². The smallest absolute Gasteiger partial charge is 0.225 e. The first-order valence-corrected chi connectivity index (χ1v) is 5.74. The van der Waals surface area contributed by atoms with E-state index in [1.165, 1.54) is 0 Å². The van der Waals surface area contributed by atoms with Crippen LogP contribution in [-0.4, -0.2) is 33.7 Å². The minimum atomic E-state index is -0.603. The maximum atomic E-state index is 10.1. The molecule has 5 nitrogen and oxygen atoms in total. The number of rotatable bonds is 4. The van der Waals surface area contributed by atoms with Gasteiger partial charge in [-0.15, -0.1) is 0 Å². The quantitative estimate of drug-likeness (QED) is 0.879. The monoisotopic (exact) mass is 244 g/mol. The van der Waals surface area contributed by atoms with Crippen LogP contribution in [0.2, 0.25) is 0 Å². The fourth-order valence-electron chi connectivity index (χ4n) is 1.60. The number of hydrogen-bond acceptors (Lipinski definition) is 5. The highest BCUT2D eigenvalue weighted by atomic mass is 16.3. The van der Waals surface area contributed by atoms with Gasteiger partial charge < -0.3 is 10.0 Å². The molecule has 1 atom stereocenters. The molecule has 0 amide bonds. The average molecular weight is 244 g/mol. The number of pyridine rings is 1. The number of aliphatic hydroxyl groups excluding tert-OH is 1. The van der Waals surface area contributed by atoms with Gasteiger partial charge in [-0.2, -0.15) is 0 Å². The summed E-state index contributed by atoms with van der Waals surface area (Å²) in [5, 5.41) is 10.1. The number of aryl methyl sites for hydroxylation is 1. The van der Waals surface area contributed by atoms with Crippen LogP contribution in [-0.2, 0) is 0 Å². The van der Waals surface area contributed by atoms with Crippen molar-refractivity contribution in [2.45, 2.75) is 13.0 Å². The highest BCUT2D eigenvalue weighted by molar-refractivity contribution is 5.29. The fourth-order valence-corrected chi connectivity index (χ4v) is 1.60. The van der Waals surface area contributed by atoms with Crippen LogP contribution in [0.3, 0.4) is 0 Å². The zero-order chi connectivity index (χ0) is 13.0. The van der Waals surface area contributed by atoms with Gasteiger partial charge in [0.15, 0.2) is 0 Å². The van der Waals surface area contributed by atoms with E-state index in [0.717, 1.165) is 11.1 Å². The Balaban J connectivity index is 2.03. The van der Waals surface area contributed by atoms with Crippen LogP contribution < -0.4 is 4.90 Å². The predicted octanol–water partition coefficient (Wildman–Crippen LogP) is 1.35. The minimum Gasteiger partial charge on any atom is -0.386 e. The minimum absolute atomic E-state index is 0.425. The Morgan fingerprint density at radius 2 is 2.00 bits per heavy atom. The molecular weight excluding hydrogens is 228 g/mol. The zero-order valence-corrected chi connectivity index (χ0v) is 10.5. The largest absolute Gasteiger partial charge is 0.386 e. The molecule has 1 N–H and O–H groups in total. The van der Waals surface area contributed by atoms with Crippen molar-refractivity contribution in [1.29, 1.82) is 0 Å². The van der Waals surface area contributed by atoms with E-state index < -0.39 is 6.10 Å². The van der Waals surface area contributed by atoms with Crippen molar-refractivity contribution in [2.75, 3.05) is 18.5 Å². The highest BCUT2D eigenvalue weighted by Crippen LogP contribution is 2.14. The summed E-state index contributed by atoms with van der Waals surface area (Å²) >= 11 is 0. The number of likely N-dealkylation sites (N-methyl/N-ethyl adjacent to an activating group) is 1. The molecule has 2 aromatic heterocycles. The molecule has 0 aromatic carbocycles. The molecule has 0 saturated heterocycles. The molecule has 0 radical (unpaired) electrons. The number of aromatic nitrogens is 3. The Kier molecular flexibility index (Phi) is 3.84. The fraction of sp³-hybridized carbons (Fsp3) is 0.308. The maximum absolute atomic E-state index is 10.1. The van der Waals surface area contributed by atoms with Gasteiger partial charge in [-0.1, -0.05) is 6.07 Å². The Morgan fingerprint density at radius 1 is 1.28 bits per heavy atom. The first kappa shape index (κ1) is 12.4. The lowest BCUT2D eigenvalue weighted by molar-refractivity contribution is 0.184. The van der Waals surface area contributed by atoms with Crippen molar-refractivity contribution >= 4 is 5.95 Å². The van der Waals surface area contributed by atoms with Gasteiger partial charge in [0.1, 0.15) is 0 Å². The molecule has 0 spiro atoms. The number of nitrogens with zero attached hydrogens (tertiary/aromatic N) is 4. The van der Waals surface area contributed by atoms with E-state index in [2.05, 4.69) is 15.0 Å². The van der Waals surface area contributed by atoms with Crippen LogP contribution >= 0.6 is 0 Å². The van der Waals surface area contributed by atoms with Gasteiger partial charge in [0.25, 0.3) is 0 Å². The number of aliphatic hydroxyl groups is 1. The van der Waals surface area contributed by atoms with Gasteiger partial charge in [0.2, 0.25) is 5.95 Å². The summed E-state index contributed by atoms with van der Waals surface area (Å²) in [4.78, 5) is 14.2. The molecule has 0 saturated carbocycles. The Labute approximate surface area is 106 Å². The molecular formula is C13H16N4O. The predicted molar refractivity (Wildman–Crippen MR) is 69.2 cm³/mol. The lowest BCUT2D eigenvalue weighted by Gasteiger charge is -2.20. The summed E-state index contributed by atoms with van der Waals surface area (Å²) in [6.07, 6.45) is 6.26. The Morgan fingerprint density at radius 3 is 2.61 bits per heavy atom. The van der Waals surface area contributed by atoms with Gasteiger partial charge in [-0.25, -0.2) is 9.97 Å². The molecule has 2 heterocycles. The van der Waals surface area contributed by atoms with Crippen LogP contribution in [0, 0.1) is 6.92 Å². The van der Waals surface area contributed by atoms with Crippen LogP contribution in [0.25, 0.3) is 0 Å². The third-order valence-corrected chi connectivity index (χ3v) is 2.62. The maximum Gasteiger partial charge on any atom is 0.225 e. The number of hydrogen-bond donors (Lipinski definition) is 1. The zero-order valence-electron chi connectivity index (χ0n) is 10.5. The first-order chi connectivity index (χ1) is 8.66. The van der Waals surface area contributed by atoms with Gasteiger partial charge in [0.05, 0.1) is 12.6 Å². The molecule has 0 aliphatic rings. The standard InChI is InChI=1S/C13H16N4O/c1-10-6-15-13(16-7-10)17(2)9-12(18)11-4-3-5-14-8-11/h3-8,12,18H,9H2,1-2H3. The summed E-state index contributed by atoms with van der Waals surface area (Å²) < 4.78 is 0.